The van der Waals surface area contributed by atoms with E-state index in [1.54, 1.807) is 0 Å². The Labute approximate surface area is 178 Å². The molecule has 30 heavy (non-hydrogen) atoms. The Morgan fingerprint density at radius 3 is 1.50 bits per heavy atom. The number of ether oxygens (including phenoxy) is 4. The standard InChI is InChI=1S/C24H30N2O4/c1-17-11-26(14-20-16-28-22-8-4-6-10-24(22)30-20)18(2)12-25(17)13-19-15-27-21-7-3-5-9-23(21)29-19/h3-10,17-20H,11-16H2,1-2H3. The van der Waals surface area contributed by atoms with Gasteiger partial charge in [0.15, 0.2) is 23.0 Å². The van der Waals surface area contributed by atoms with Crippen molar-refractivity contribution in [2.45, 2.75) is 38.1 Å². The first-order valence-corrected chi connectivity index (χ1v) is 10.9. The van der Waals surface area contributed by atoms with Gasteiger partial charge in [0.2, 0.25) is 0 Å². The highest BCUT2D eigenvalue weighted by atomic mass is 16.6. The fraction of sp³-hybridized carbons (Fsp3) is 0.500. The van der Waals surface area contributed by atoms with Gasteiger partial charge < -0.3 is 18.9 Å². The molecule has 3 aliphatic heterocycles. The van der Waals surface area contributed by atoms with E-state index < -0.39 is 0 Å². The fourth-order valence-electron chi connectivity index (χ4n) is 4.61. The van der Waals surface area contributed by atoms with Crippen molar-refractivity contribution in [3.8, 4) is 23.0 Å². The fourth-order valence-corrected chi connectivity index (χ4v) is 4.61. The minimum atomic E-state index is 0.0627. The van der Waals surface area contributed by atoms with Crippen LogP contribution in [0.15, 0.2) is 48.5 Å². The van der Waals surface area contributed by atoms with Crippen molar-refractivity contribution < 1.29 is 18.9 Å². The number of para-hydroxylation sites is 4. The summed E-state index contributed by atoms with van der Waals surface area (Å²) in [5.74, 6) is 3.39. The summed E-state index contributed by atoms with van der Waals surface area (Å²) in [4.78, 5) is 5.05. The Kier molecular flexibility index (Phi) is 5.44. The number of benzene rings is 2. The van der Waals surface area contributed by atoms with E-state index in [-0.39, 0.29) is 12.2 Å². The maximum absolute atomic E-state index is 6.18. The van der Waals surface area contributed by atoms with Gasteiger partial charge in [0, 0.05) is 38.3 Å². The number of hydrogen-bond donors (Lipinski definition) is 0. The van der Waals surface area contributed by atoms with Crippen LogP contribution in [0, 0.1) is 0 Å². The van der Waals surface area contributed by atoms with Crippen molar-refractivity contribution in [2.75, 3.05) is 39.4 Å². The number of rotatable bonds is 4. The van der Waals surface area contributed by atoms with Gasteiger partial charge in [-0.1, -0.05) is 24.3 Å². The Morgan fingerprint density at radius 2 is 1.07 bits per heavy atom. The van der Waals surface area contributed by atoms with Crippen molar-refractivity contribution in [3.63, 3.8) is 0 Å². The second-order valence-electron chi connectivity index (χ2n) is 8.60. The Hall–Kier alpha value is -2.44. The number of fused-ring (bicyclic) bond motifs is 2. The van der Waals surface area contributed by atoms with E-state index in [1.165, 1.54) is 0 Å². The van der Waals surface area contributed by atoms with Gasteiger partial charge >= 0.3 is 0 Å². The zero-order chi connectivity index (χ0) is 20.5. The molecular weight excluding hydrogens is 380 g/mol. The summed E-state index contributed by atoms with van der Waals surface area (Å²) in [6, 6.07) is 16.7. The molecule has 0 amide bonds. The highest BCUT2D eigenvalue weighted by Gasteiger charge is 2.34. The van der Waals surface area contributed by atoms with E-state index in [0.29, 0.717) is 25.3 Å². The summed E-state index contributed by atoms with van der Waals surface area (Å²) in [6.45, 7) is 9.57. The summed E-state index contributed by atoms with van der Waals surface area (Å²) in [6.07, 6.45) is 0.125. The average Bonchev–Trinajstić information content (AvgIpc) is 2.77. The van der Waals surface area contributed by atoms with Gasteiger partial charge in [0.05, 0.1) is 0 Å². The molecule has 160 valence electrons. The molecule has 1 saturated heterocycles. The molecule has 0 aliphatic carbocycles. The molecule has 0 bridgehead atoms. The molecule has 0 spiro atoms. The van der Waals surface area contributed by atoms with Crippen LogP contribution < -0.4 is 18.9 Å². The van der Waals surface area contributed by atoms with Crippen LogP contribution >= 0.6 is 0 Å². The Morgan fingerprint density at radius 1 is 0.667 bits per heavy atom. The first-order valence-electron chi connectivity index (χ1n) is 10.9. The maximum atomic E-state index is 6.18. The predicted molar refractivity (Wildman–Crippen MR) is 115 cm³/mol. The average molecular weight is 411 g/mol. The molecule has 6 nitrogen and oxygen atoms in total. The molecule has 2 aromatic carbocycles. The lowest BCUT2D eigenvalue weighted by Crippen LogP contribution is -2.60. The van der Waals surface area contributed by atoms with Crippen LogP contribution in [0.4, 0.5) is 0 Å². The molecular formula is C24H30N2O4. The second kappa shape index (κ2) is 8.36. The molecule has 3 heterocycles. The van der Waals surface area contributed by atoms with E-state index >= 15 is 0 Å². The van der Waals surface area contributed by atoms with E-state index in [4.69, 9.17) is 18.9 Å². The summed E-state index contributed by atoms with van der Waals surface area (Å²) >= 11 is 0. The van der Waals surface area contributed by atoms with Gasteiger partial charge in [-0.3, -0.25) is 9.80 Å². The van der Waals surface area contributed by atoms with Crippen LogP contribution in [-0.2, 0) is 0 Å². The lowest BCUT2D eigenvalue weighted by Gasteiger charge is -2.46. The summed E-state index contributed by atoms with van der Waals surface area (Å²) in [7, 11) is 0. The van der Waals surface area contributed by atoms with E-state index in [1.807, 2.05) is 48.5 Å². The minimum absolute atomic E-state index is 0.0627. The molecule has 5 rings (SSSR count). The van der Waals surface area contributed by atoms with E-state index in [2.05, 4.69) is 23.6 Å². The van der Waals surface area contributed by atoms with Gasteiger partial charge in [-0.2, -0.15) is 0 Å². The van der Waals surface area contributed by atoms with Gasteiger partial charge in [-0.25, -0.2) is 0 Å². The first kappa shape index (κ1) is 19.5. The zero-order valence-corrected chi connectivity index (χ0v) is 17.7. The third kappa shape index (κ3) is 4.07. The lowest BCUT2D eigenvalue weighted by molar-refractivity contribution is -0.0211. The monoisotopic (exact) mass is 410 g/mol. The summed E-state index contributed by atoms with van der Waals surface area (Å²) < 4.78 is 24.2. The molecule has 0 saturated carbocycles. The zero-order valence-electron chi connectivity index (χ0n) is 17.7. The van der Waals surface area contributed by atoms with Gasteiger partial charge in [0.25, 0.3) is 0 Å². The smallest absolute Gasteiger partial charge is 0.161 e. The highest BCUT2D eigenvalue weighted by molar-refractivity contribution is 5.41. The number of nitrogens with zero attached hydrogens (tertiary/aromatic N) is 2. The van der Waals surface area contributed by atoms with Gasteiger partial charge in [-0.05, 0) is 38.1 Å². The first-order chi connectivity index (χ1) is 14.7. The molecule has 0 aromatic heterocycles. The van der Waals surface area contributed by atoms with Crippen LogP contribution in [0.5, 0.6) is 23.0 Å². The summed E-state index contributed by atoms with van der Waals surface area (Å²) in [5.41, 5.74) is 0. The lowest BCUT2D eigenvalue weighted by atomic mass is 10.1. The normalized spacial score (nSPS) is 28.9. The van der Waals surface area contributed by atoms with Crippen molar-refractivity contribution in [1.29, 1.82) is 0 Å². The van der Waals surface area contributed by atoms with E-state index in [0.717, 1.165) is 49.2 Å². The Balaban J connectivity index is 1.16. The predicted octanol–water partition coefficient (Wildman–Crippen LogP) is 3.06. The molecule has 2 aromatic rings. The van der Waals surface area contributed by atoms with Crippen molar-refractivity contribution in [1.82, 2.24) is 9.80 Å². The van der Waals surface area contributed by atoms with Gasteiger partial charge in [-0.15, -0.1) is 0 Å². The number of hydrogen-bond acceptors (Lipinski definition) is 6. The van der Waals surface area contributed by atoms with Gasteiger partial charge in [0.1, 0.15) is 25.4 Å². The van der Waals surface area contributed by atoms with Crippen molar-refractivity contribution in [3.05, 3.63) is 48.5 Å². The SMILES string of the molecule is CC1CN(CC2COc3ccccc3O2)C(C)CN1CC1COc2ccccc2O1. The largest absolute Gasteiger partial charge is 0.486 e. The minimum Gasteiger partial charge on any atom is -0.486 e. The third-order valence-electron chi connectivity index (χ3n) is 6.26. The van der Waals surface area contributed by atoms with Crippen LogP contribution in [-0.4, -0.2) is 73.5 Å². The quantitative estimate of drug-likeness (QED) is 0.772. The Bertz CT molecular complexity index is 804. The summed E-state index contributed by atoms with van der Waals surface area (Å²) in [5, 5.41) is 0. The molecule has 0 N–H and O–H groups in total. The van der Waals surface area contributed by atoms with Crippen LogP contribution in [0.1, 0.15) is 13.8 Å². The topological polar surface area (TPSA) is 43.4 Å². The highest BCUT2D eigenvalue weighted by Crippen LogP contribution is 2.33. The van der Waals surface area contributed by atoms with Crippen LogP contribution in [0.25, 0.3) is 0 Å². The molecule has 3 aliphatic rings. The molecule has 6 heteroatoms. The number of piperazine rings is 1. The molecule has 4 unspecified atom stereocenters. The third-order valence-corrected chi connectivity index (χ3v) is 6.26. The van der Waals surface area contributed by atoms with Crippen LogP contribution in [0.2, 0.25) is 0 Å². The van der Waals surface area contributed by atoms with E-state index in [9.17, 15) is 0 Å². The maximum Gasteiger partial charge on any atom is 0.161 e. The molecule has 1 fully saturated rings. The molecule has 0 radical (unpaired) electrons. The van der Waals surface area contributed by atoms with Crippen molar-refractivity contribution in [2.24, 2.45) is 0 Å². The van der Waals surface area contributed by atoms with Crippen LogP contribution in [0.3, 0.4) is 0 Å². The second-order valence-corrected chi connectivity index (χ2v) is 8.60. The van der Waals surface area contributed by atoms with Crippen molar-refractivity contribution >= 4 is 0 Å². The molecule has 4 atom stereocenters.